The number of methoxy groups -OCH3 is 2. The van der Waals surface area contributed by atoms with Gasteiger partial charge < -0.3 is 19.3 Å². The van der Waals surface area contributed by atoms with Crippen molar-refractivity contribution in [2.24, 2.45) is 0 Å². The van der Waals surface area contributed by atoms with Crippen LogP contribution in [0.4, 0.5) is 0 Å². The Kier molecular flexibility index (Phi) is 6.16. The van der Waals surface area contributed by atoms with E-state index in [1.54, 1.807) is 25.1 Å². The summed E-state index contributed by atoms with van der Waals surface area (Å²) in [5, 5.41) is 0.289. The Labute approximate surface area is 163 Å². The minimum atomic E-state index is -1.48. The minimum Gasteiger partial charge on any atom is -0.481 e. The molecule has 0 bridgehead atoms. The van der Waals surface area contributed by atoms with Gasteiger partial charge in [0.2, 0.25) is 5.88 Å². The lowest BCUT2D eigenvalue weighted by Crippen LogP contribution is -2.30. The number of imidazole rings is 1. The summed E-state index contributed by atoms with van der Waals surface area (Å²) >= 11 is 0. The third-order valence-corrected chi connectivity index (χ3v) is 4.96. The molecule has 0 aliphatic rings. The first-order valence-electron chi connectivity index (χ1n) is 8.20. The molecule has 0 aliphatic carbocycles. The predicted molar refractivity (Wildman–Crippen MR) is 100 cm³/mol. The molecule has 0 fully saturated rings. The Hall–Kier alpha value is -3.05. The number of amides is 1. The van der Waals surface area contributed by atoms with Gasteiger partial charge in [0.25, 0.3) is 5.91 Å². The number of hydrogen-bond acceptors (Lipinski definition) is 8. The van der Waals surface area contributed by atoms with Gasteiger partial charge in [-0.05, 0) is 13.0 Å². The van der Waals surface area contributed by atoms with Crippen molar-refractivity contribution in [3.63, 3.8) is 0 Å². The van der Waals surface area contributed by atoms with E-state index in [1.807, 2.05) is 0 Å². The molecular formula is C17H19N5O5S. The van der Waals surface area contributed by atoms with E-state index in [1.165, 1.54) is 20.4 Å². The number of carbonyl (C=O) groups is 1. The van der Waals surface area contributed by atoms with E-state index in [4.69, 9.17) is 14.3 Å². The maximum absolute atomic E-state index is 12.7. The van der Waals surface area contributed by atoms with Crippen molar-refractivity contribution < 1.29 is 23.3 Å². The van der Waals surface area contributed by atoms with E-state index >= 15 is 0 Å². The van der Waals surface area contributed by atoms with Crippen LogP contribution in [0.2, 0.25) is 0 Å². The fourth-order valence-electron chi connectivity index (χ4n) is 2.35. The average Bonchev–Trinajstić information content (AvgIpc) is 3.12. The van der Waals surface area contributed by atoms with Gasteiger partial charge in [0.15, 0.2) is 16.6 Å². The van der Waals surface area contributed by atoms with E-state index in [9.17, 15) is 9.00 Å². The first-order valence-corrected chi connectivity index (χ1v) is 9.52. The minimum absolute atomic E-state index is 0.117. The summed E-state index contributed by atoms with van der Waals surface area (Å²) in [5.41, 5.74) is 4.57. The fraction of sp³-hybridized carbons (Fsp3) is 0.294. The summed E-state index contributed by atoms with van der Waals surface area (Å²) in [7, 11) is 1.44. The number of nitrogens with zero attached hydrogens (tertiary/aromatic N) is 3. The van der Waals surface area contributed by atoms with Crippen LogP contribution in [0, 0.1) is 6.92 Å². The molecule has 28 heavy (non-hydrogen) atoms. The number of aromatic amines is 1. The van der Waals surface area contributed by atoms with Crippen molar-refractivity contribution in [1.29, 1.82) is 0 Å². The number of carbonyl (C=O) groups excluding carboxylic acids is 1. The number of aromatic nitrogens is 4. The van der Waals surface area contributed by atoms with E-state index in [0.29, 0.717) is 34.1 Å². The first-order chi connectivity index (χ1) is 13.5. The predicted octanol–water partition coefficient (Wildman–Crippen LogP) is 1.03. The number of pyridine rings is 2. The maximum atomic E-state index is 12.7. The zero-order valence-corrected chi connectivity index (χ0v) is 16.3. The molecule has 11 heteroatoms. The van der Waals surface area contributed by atoms with Crippen LogP contribution in [0.25, 0.3) is 11.2 Å². The Bertz CT molecular complexity index is 1020. The molecular weight excluding hydrogens is 386 g/mol. The standard InChI is InChI=1S/C17H19N5O5S/c1-10-12(18-7-6-13(10)27-22-14(23)8-25-2)9-28(24)17-19-11-4-5-15(26-3)20-16(11)21-17/h4-7H,8-9H2,1-3H3,(H,22,23)(H,19,20,21). The monoisotopic (exact) mass is 405 g/mol. The summed E-state index contributed by atoms with van der Waals surface area (Å²) in [4.78, 5) is 32.5. The molecule has 10 nitrogen and oxygen atoms in total. The van der Waals surface area contributed by atoms with E-state index in [-0.39, 0.29) is 17.5 Å². The van der Waals surface area contributed by atoms with Crippen LogP contribution in [-0.2, 0) is 26.1 Å². The molecule has 0 radical (unpaired) electrons. The quantitative estimate of drug-likeness (QED) is 0.532. The molecule has 2 N–H and O–H groups in total. The molecule has 1 amide bonds. The number of fused-ring (bicyclic) bond motifs is 1. The molecule has 0 aliphatic heterocycles. The summed E-state index contributed by atoms with van der Waals surface area (Å²) in [6.45, 7) is 1.65. The van der Waals surface area contributed by atoms with Crippen LogP contribution < -0.4 is 15.1 Å². The van der Waals surface area contributed by atoms with Crippen molar-refractivity contribution in [3.8, 4) is 11.6 Å². The van der Waals surface area contributed by atoms with E-state index in [2.05, 4.69) is 25.4 Å². The molecule has 3 aromatic rings. The molecule has 0 aromatic carbocycles. The van der Waals surface area contributed by atoms with Gasteiger partial charge in [-0.2, -0.15) is 10.5 Å². The summed E-state index contributed by atoms with van der Waals surface area (Å²) in [6, 6.07) is 5.05. The second-order valence-electron chi connectivity index (χ2n) is 5.70. The molecule has 1 unspecified atom stereocenters. The van der Waals surface area contributed by atoms with Gasteiger partial charge in [-0.1, -0.05) is 0 Å². The van der Waals surface area contributed by atoms with Crippen molar-refractivity contribution >= 4 is 27.9 Å². The van der Waals surface area contributed by atoms with Crippen molar-refractivity contribution in [2.75, 3.05) is 20.8 Å². The Morgan fingerprint density at radius 1 is 1.25 bits per heavy atom. The smallest absolute Gasteiger partial charge is 0.278 e. The summed E-state index contributed by atoms with van der Waals surface area (Å²) in [6.07, 6.45) is 1.52. The maximum Gasteiger partial charge on any atom is 0.278 e. The van der Waals surface area contributed by atoms with Crippen LogP contribution in [0.1, 0.15) is 11.3 Å². The molecule has 0 saturated carbocycles. The normalized spacial score (nSPS) is 12.0. The van der Waals surface area contributed by atoms with Gasteiger partial charge in [0.1, 0.15) is 6.61 Å². The number of H-pyrrole nitrogens is 1. The molecule has 3 rings (SSSR count). The zero-order chi connectivity index (χ0) is 20.1. The number of ether oxygens (including phenoxy) is 2. The molecule has 1 atom stereocenters. The zero-order valence-electron chi connectivity index (χ0n) is 15.5. The number of rotatable bonds is 8. The van der Waals surface area contributed by atoms with E-state index < -0.39 is 16.7 Å². The van der Waals surface area contributed by atoms with Crippen LogP contribution >= 0.6 is 0 Å². The van der Waals surface area contributed by atoms with Crippen molar-refractivity contribution in [2.45, 2.75) is 17.8 Å². The summed E-state index contributed by atoms with van der Waals surface area (Å²) in [5.74, 6) is 0.525. The molecule has 148 valence electrons. The van der Waals surface area contributed by atoms with Crippen molar-refractivity contribution in [3.05, 3.63) is 35.7 Å². The Morgan fingerprint density at radius 2 is 2.07 bits per heavy atom. The SMILES string of the molecule is COCC(=O)NOc1ccnc(CS(=O)c2nc3nc(OC)ccc3[nH]2)c1C. The Morgan fingerprint density at radius 3 is 2.82 bits per heavy atom. The van der Waals surface area contributed by atoms with Gasteiger partial charge in [-0.3, -0.25) is 14.0 Å². The highest BCUT2D eigenvalue weighted by atomic mass is 32.2. The highest BCUT2D eigenvalue weighted by Crippen LogP contribution is 2.22. The average molecular weight is 405 g/mol. The lowest BCUT2D eigenvalue weighted by Gasteiger charge is -2.11. The largest absolute Gasteiger partial charge is 0.481 e. The lowest BCUT2D eigenvalue weighted by molar-refractivity contribution is -0.131. The highest BCUT2D eigenvalue weighted by molar-refractivity contribution is 7.84. The van der Waals surface area contributed by atoms with Gasteiger partial charge in [-0.15, -0.1) is 0 Å². The molecule has 3 aromatic heterocycles. The van der Waals surface area contributed by atoms with Gasteiger partial charge in [0.05, 0.1) is 34.9 Å². The Balaban J connectivity index is 1.75. The first kappa shape index (κ1) is 19.7. The number of hydrogen-bond donors (Lipinski definition) is 2. The number of nitrogens with one attached hydrogen (secondary N) is 2. The lowest BCUT2D eigenvalue weighted by atomic mass is 10.2. The van der Waals surface area contributed by atoms with Crippen LogP contribution in [-0.4, -0.2) is 50.9 Å². The fourth-order valence-corrected chi connectivity index (χ4v) is 3.44. The van der Waals surface area contributed by atoms with Crippen LogP contribution in [0.3, 0.4) is 0 Å². The number of hydroxylamine groups is 1. The summed E-state index contributed by atoms with van der Waals surface area (Å²) < 4.78 is 22.5. The second kappa shape index (κ2) is 8.76. The second-order valence-corrected chi connectivity index (χ2v) is 7.06. The van der Waals surface area contributed by atoms with Crippen LogP contribution in [0.15, 0.2) is 29.6 Å². The van der Waals surface area contributed by atoms with Gasteiger partial charge >= 0.3 is 0 Å². The van der Waals surface area contributed by atoms with Gasteiger partial charge in [0, 0.05) is 31.0 Å². The molecule has 0 spiro atoms. The highest BCUT2D eigenvalue weighted by Gasteiger charge is 2.16. The van der Waals surface area contributed by atoms with Crippen LogP contribution in [0.5, 0.6) is 11.6 Å². The van der Waals surface area contributed by atoms with E-state index in [0.717, 1.165) is 0 Å². The topological polar surface area (TPSA) is 128 Å². The van der Waals surface area contributed by atoms with Gasteiger partial charge in [-0.25, -0.2) is 4.98 Å². The molecule has 3 heterocycles. The third kappa shape index (κ3) is 4.43. The third-order valence-electron chi connectivity index (χ3n) is 3.80. The van der Waals surface area contributed by atoms with Crippen molar-refractivity contribution in [1.82, 2.24) is 25.4 Å². The molecule has 0 saturated heterocycles.